The molecule has 0 N–H and O–H groups in total. The predicted octanol–water partition coefficient (Wildman–Crippen LogP) is 3.01. The van der Waals surface area contributed by atoms with E-state index in [4.69, 9.17) is 14.2 Å². The summed E-state index contributed by atoms with van der Waals surface area (Å²) >= 11 is 0. The first kappa shape index (κ1) is 15.5. The molecular formula is C18H24O4. The number of rotatable bonds is 3. The van der Waals surface area contributed by atoms with Crippen molar-refractivity contribution in [1.29, 1.82) is 0 Å². The van der Waals surface area contributed by atoms with E-state index in [9.17, 15) is 4.79 Å². The molecule has 0 aromatic heterocycles. The number of hydrogen-bond donors (Lipinski definition) is 0. The van der Waals surface area contributed by atoms with Crippen LogP contribution in [0.3, 0.4) is 0 Å². The minimum atomic E-state index is -0.454. The Bertz CT molecular complexity index is 519. The zero-order valence-electron chi connectivity index (χ0n) is 13.4. The first-order valence-electron chi connectivity index (χ1n) is 7.99. The lowest BCUT2D eigenvalue weighted by molar-refractivity contribution is -0.198. The molecule has 3 rings (SSSR count). The summed E-state index contributed by atoms with van der Waals surface area (Å²) in [6.45, 7) is 3.38. The number of methoxy groups -OCH3 is 1. The first-order chi connectivity index (χ1) is 10.6. The maximum atomic E-state index is 12.5. The van der Waals surface area contributed by atoms with E-state index in [1.54, 1.807) is 0 Å². The Morgan fingerprint density at radius 2 is 1.68 bits per heavy atom. The maximum Gasteiger partial charge on any atom is 0.312 e. The van der Waals surface area contributed by atoms with Crippen LogP contribution in [0.4, 0.5) is 0 Å². The second-order valence-corrected chi connectivity index (χ2v) is 6.54. The summed E-state index contributed by atoms with van der Waals surface area (Å²) in [4.78, 5) is 12.5. The van der Waals surface area contributed by atoms with Crippen molar-refractivity contribution in [3.63, 3.8) is 0 Å². The van der Waals surface area contributed by atoms with E-state index in [2.05, 4.69) is 31.2 Å². The van der Waals surface area contributed by atoms with Gasteiger partial charge < -0.3 is 14.2 Å². The monoisotopic (exact) mass is 304 g/mol. The molecule has 4 nitrogen and oxygen atoms in total. The zero-order chi connectivity index (χ0) is 15.6. The highest BCUT2D eigenvalue weighted by atomic mass is 16.7. The molecule has 2 fully saturated rings. The smallest absolute Gasteiger partial charge is 0.312 e. The fourth-order valence-electron chi connectivity index (χ4n) is 3.66. The summed E-state index contributed by atoms with van der Waals surface area (Å²) < 4.78 is 16.7. The van der Waals surface area contributed by atoms with Crippen LogP contribution >= 0.6 is 0 Å². The lowest BCUT2D eigenvalue weighted by Crippen LogP contribution is -2.45. The van der Waals surface area contributed by atoms with Gasteiger partial charge in [-0.25, -0.2) is 0 Å². The lowest BCUT2D eigenvalue weighted by Gasteiger charge is -2.41. The van der Waals surface area contributed by atoms with Gasteiger partial charge in [0.15, 0.2) is 5.79 Å². The van der Waals surface area contributed by atoms with Crippen molar-refractivity contribution >= 4 is 5.97 Å². The van der Waals surface area contributed by atoms with Gasteiger partial charge in [-0.1, -0.05) is 29.8 Å². The Labute approximate surface area is 131 Å². The quantitative estimate of drug-likeness (QED) is 0.805. The molecule has 22 heavy (non-hydrogen) atoms. The summed E-state index contributed by atoms with van der Waals surface area (Å²) in [5.74, 6) is -0.564. The number of aryl methyl sites for hydroxylation is 1. The lowest BCUT2D eigenvalue weighted by atomic mass is 9.68. The average molecular weight is 304 g/mol. The molecule has 1 saturated heterocycles. The number of ether oxygens (including phenoxy) is 3. The van der Waals surface area contributed by atoms with Crippen molar-refractivity contribution in [2.75, 3.05) is 20.3 Å². The number of carbonyl (C=O) groups is 1. The van der Waals surface area contributed by atoms with E-state index in [0.29, 0.717) is 13.2 Å². The van der Waals surface area contributed by atoms with Gasteiger partial charge in [0.25, 0.3) is 0 Å². The number of benzene rings is 1. The molecule has 0 bridgehead atoms. The minimum absolute atomic E-state index is 0.110. The van der Waals surface area contributed by atoms with Gasteiger partial charge in [0.1, 0.15) is 0 Å². The van der Waals surface area contributed by atoms with Crippen molar-refractivity contribution in [3.05, 3.63) is 35.4 Å². The molecule has 1 saturated carbocycles. The van der Waals surface area contributed by atoms with E-state index in [1.807, 2.05) is 0 Å². The highest BCUT2D eigenvalue weighted by Crippen LogP contribution is 2.47. The Morgan fingerprint density at radius 3 is 2.23 bits per heavy atom. The van der Waals surface area contributed by atoms with E-state index in [-0.39, 0.29) is 5.97 Å². The normalized spacial score (nSPS) is 22.6. The van der Waals surface area contributed by atoms with Crippen LogP contribution in [0, 0.1) is 12.3 Å². The Morgan fingerprint density at radius 1 is 1.09 bits per heavy atom. The van der Waals surface area contributed by atoms with Gasteiger partial charge in [0.2, 0.25) is 0 Å². The van der Waals surface area contributed by atoms with E-state index in [1.165, 1.54) is 18.2 Å². The second-order valence-electron chi connectivity index (χ2n) is 6.54. The molecule has 1 spiro atoms. The summed E-state index contributed by atoms with van der Waals surface area (Å²) in [6.07, 6.45) is 3.72. The third-order valence-corrected chi connectivity index (χ3v) is 5.06. The number of hydrogen-bond acceptors (Lipinski definition) is 4. The molecule has 1 heterocycles. The topological polar surface area (TPSA) is 44.8 Å². The fraction of sp³-hybridized carbons (Fsp3) is 0.611. The van der Waals surface area contributed by atoms with Gasteiger partial charge >= 0.3 is 5.97 Å². The Balaban J connectivity index is 1.78. The van der Waals surface area contributed by atoms with E-state index < -0.39 is 11.2 Å². The summed E-state index contributed by atoms with van der Waals surface area (Å²) in [6, 6.07) is 8.39. The largest absolute Gasteiger partial charge is 0.469 e. The highest BCUT2D eigenvalue weighted by molar-refractivity contribution is 5.77. The fourth-order valence-corrected chi connectivity index (χ4v) is 3.66. The highest BCUT2D eigenvalue weighted by Gasteiger charge is 2.50. The van der Waals surface area contributed by atoms with Crippen molar-refractivity contribution in [3.8, 4) is 0 Å². The van der Waals surface area contributed by atoms with Gasteiger partial charge in [-0.3, -0.25) is 4.79 Å². The molecule has 4 heteroatoms. The van der Waals surface area contributed by atoms with Crippen molar-refractivity contribution in [2.45, 2.75) is 44.8 Å². The first-order valence-corrected chi connectivity index (χ1v) is 7.99. The van der Waals surface area contributed by atoms with Gasteiger partial charge in [-0.15, -0.1) is 0 Å². The molecule has 1 aromatic rings. The van der Waals surface area contributed by atoms with Gasteiger partial charge in [-0.2, -0.15) is 0 Å². The molecule has 0 unspecified atom stereocenters. The van der Waals surface area contributed by atoms with Crippen LogP contribution in [-0.2, 0) is 25.4 Å². The van der Waals surface area contributed by atoms with Gasteiger partial charge in [-0.05, 0) is 31.7 Å². The molecular weight excluding hydrogens is 280 g/mol. The van der Waals surface area contributed by atoms with Crippen LogP contribution in [0.1, 0.15) is 36.8 Å². The predicted molar refractivity (Wildman–Crippen MR) is 82.4 cm³/mol. The maximum absolute atomic E-state index is 12.5. The van der Waals surface area contributed by atoms with Crippen LogP contribution in [-0.4, -0.2) is 32.1 Å². The standard InChI is InChI=1S/C18H24O4/c1-14-3-5-15(6-4-14)13-17(16(19)20-2)7-9-18(10-8-17)21-11-12-22-18/h3-6H,7-13H2,1-2H3. The van der Waals surface area contributed by atoms with Crippen molar-refractivity contribution in [1.82, 2.24) is 0 Å². The van der Waals surface area contributed by atoms with Crippen LogP contribution in [0.25, 0.3) is 0 Å². The molecule has 120 valence electrons. The third kappa shape index (κ3) is 2.90. The molecule has 1 aliphatic heterocycles. The van der Waals surface area contributed by atoms with E-state index >= 15 is 0 Å². The second kappa shape index (κ2) is 6.01. The minimum Gasteiger partial charge on any atom is -0.469 e. The molecule has 0 atom stereocenters. The Kier molecular flexibility index (Phi) is 4.24. The van der Waals surface area contributed by atoms with Crippen molar-refractivity contribution < 1.29 is 19.0 Å². The molecule has 2 aliphatic rings. The Hall–Kier alpha value is -1.39. The van der Waals surface area contributed by atoms with Crippen LogP contribution in [0.5, 0.6) is 0 Å². The number of esters is 1. The third-order valence-electron chi connectivity index (χ3n) is 5.06. The van der Waals surface area contributed by atoms with Gasteiger partial charge in [0.05, 0.1) is 25.7 Å². The summed E-state index contributed by atoms with van der Waals surface area (Å²) in [5, 5.41) is 0. The molecule has 1 aromatic carbocycles. The van der Waals surface area contributed by atoms with Crippen LogP contribution in [0.2, 0.25) is 0 Å². The molecule has 0 radical (unpaired) electrons. The van der Waals surface area contributed by atoms with E-state index in [0.717, 1.165) is 32.1 Å². The molecule has 0 amide bonds. The average Bonchev–Trinajstić information content (AvgIpc) is 3.00. The molecule has 1 aliphatic carbocycles. The van der Waals surface area contributed by atoms with Crippen LogP contribution < -0.4 is 0 Å². The number of carbonyl (C=O) groups excluding carboxylic acids is 1. The summed E-state index contributed by atoms with van der Waals surface area (Å²) in [7, 11) is 1.48. The van der Waals surface area contributed by atoms with Crippen molar-refractivity contribution in [2.24, 2.45) is 5.41 Å². The summed E-state index contributed by atoms with van der Waals surface area (Å²) in [5.41, 5.74) is 1.95. The van der Waals surface area contributed by atoms with Crippen LogP contribution in [0.15, 0.2) is 24.3 Å². The zero-order valence-corrected chi connectivity index (χ0v) is 13.4. The van der Waals surface area contributed by atoms with Gasteiger partial charge in [0, 0.05) is 12.8 Å². The SMILES string of the molecule is COC(=O)C1(Cc2ccc(C)cc2)CCC2(CC1)OCCO2.